The Morgan fingerprint density at radius 3 is 1.54 bits per heavy atom. The van der Waals surface area contributed by atoms with Gasteiger partial charge in [0.2, 0.25) is 0 Å². The number of hydrogen-bond donors (Lipinski definition) is 0. The van der Waals surface area contributed by atoms with Crippen LogP contribution in [0.5, 0.6) is 11.5 Å². The molecule has 0 aliphatic carbocycles. The summed E-state index contributed by atoms with van der Waals surface area (Å²) in [4.78, 5) is 22.7. The first-order valence-electron chi connectivity index (χ1n) is 7.23. The SMILES string of the molecule is C#Cc1cc(OCC(=O)OCC)c(C#C)cc1OCC(=O)OCC. The lowest BCUT2D eigenvalue weighted by molar-refractivity contribution is -0.146. The van der Waals surface area contributed by atoms with Crippen LogP contribution in [0.3, 0.4) is 0 Å². The monoisotopic (exact) mass is 330 g/mol. The average Bonchev–Trinajstić information content (AvgIpc) is 2.58. The smallest absolute Gasteiger partial charge is 0.344 e. The molecule has 0 spiro atoms. The first kappa shape index (κ1) is 18.9. The van der Waals surface area contributed by atoms with Gasteiger partial charge in [-0.2, -0.15) is 0 Å². The normalized spacial score (nSPS) is 9.33. The predicted molar refractivity (Wildman–Crippen MR) is 86.6 cm³/mol. The molecule has 1 rings (SSSR count). The van der Waals surface area contributed by atoms with Crippen molar-refractivity contribution >= 4 is 11.9 Å². The third-order valence-electron chi connectivity index (χ3n) is 2.69. The number of esters is 2. The van der Waals surface area contributed by atoms with Crippen molar-refractivity contribution in [3.63, 3.8) is 0 Å². The molecule has 0 radical (unpaired) electrons. The molecule has 0 aliphatic heterocycles. The van der Waals surface area contributed by atoms with E-state index in [0.29, 0.717) is 11.1 Å². The Balaban J connectivity index is 2.93. The lowest BCUT2D eigenvalue weighted by Crippen LogP contribution is -2.16. The molecule has 126 valence electrons. The number of carbonyl (C=O) groups excluding carboxylic acids is 2. The maximum absolute atomic E-state index is 11.4. The van der Waals surface area contributed by atoms with Crippen LogP contribution in [-0.2, 0) is 19.1 Å². The molecule has 0 amide bonds. The van der Waals surface area contributed by atoms with Gasteiger partial charge in [0.05, 0.1) is 24.3 Å². The zero-order valence-corrected chi connectivity index (χ0v) is 13.6. The fraction of sp³-hybridized carbons (Fsp3) is 0.333. The largest absolute Gasteiger partial charge is 0.481 e. The highest BCUT2D eigenvalue weighted by Gasteiger charge is 2.13. The van der Waals surface area contributed by atoms with E-state index in [-0.39, 0.29) is 37.9 Å². The van der Waals surface area contributed by atoms with Crippen molar-refractivity contribution in [2.45, 2.75) is 13.8 Å². The molecule has 24 heavy (non-hydrogen) atoms. The van der Waals surface area contributed by atoms with Crippen molar-refractivity contribution in [2.24, 2.45) is 0 Å². The third kappa shape index (κ3) is 5.58. The Morgan fingerprint density at radius 2 is 1.25 bits per heavy atom. The minimum atomic E-state index is -0.523. The summed E-state index contributed by atoms with van der Waals surface area (Å²) in [5.41, 5.74) is 0.661. The number of ether oxygens (including phenoxy) is 4. The molecule has 0 fully saturated rings. The van der Waals surface area contributed by atoms with Gasteiger partial charge in [0, 0.05) is 12.1 Å². The highest BCUT2D eigenvalue weighted by Crippen LogP contribution is 2.28. The van der Waals surface area contributed by atoms with Gasteiger partial charge in [-0.25, -0.2) is 9.59 Å². The molecule has 0 unspecified atom stereocenters. The van der Waals surface area contributed by atoms with Gasteiger partial charge in [-0.05, 0) is 13.8 Å². The van der Waals surface area contributed by atoms with Crippen LogP contribution in [0.4, 0.5) is 0 Å². The Labute approximate surface area is 141 Å². The van der Waals surface area contributed by atoms with Crippen LogP contribution < -0.4 is 9.47 Å². The van der Waals surface area contributed by atoms with Crippen molar-refractivity contribution in [3.8, 4) is 36.2 Å². The van der Waals surface area contributed by atoms with E-state index in [2.05, 4.69) is 11.8 Å². The Bertz CT molecular complexity index is 618. The van der Waals surface area contributed by atoms with E-state index < -0.39 is 11.9 Å². The first-order valence-corrected chi connectivity index (χ1v) is 7.23. The predicted octanol–water partition coefficient (Wildman–Crippen LogP) is 1.53. The van der Waals surface area contributed by atoms with Crippen LogP contribution in [-0.4, -0.2) is 38.4 Å². The van der Waals surface area contributed by atoms with Crippen LogP contribution in [0.2, 0.25) is 0 Å². The van der Waals surface area contributed by atoms with Gasteiger partial charge in [0.25, 0.3) is 0 Å². The maximum atomic E-state index is 11.4. The molecule has 0 saturated heterocycles. The molecule has 6 heteroatoms. The molecule has 0 atom stereocenters. The lowest BCUT2D eigenvalue weighted by atomic mass is 10.1. The van der Waals surface area contributed by atoms with E-state index in [1.165, 1.54) is 12.1 Å². The molecule has 6 nitrogen and oxygen atoms in total. The standard InChI is InChI=1S/C18H18O6/c1-5-13-9-16(24-12-18(20)22-8-4)14(6-2)10-15(13)23-11-17(19)21-7-3/h1-2,9-10H,7-8,11-12H2,3-4H3. The number of terminal acetylenes is 2. The lowest BCUT2D eigenvalue weighted by Gasteiger charge is -2.12. The topological polar surface area (TPSA) is 71.1 Å². The van der Waals surface area contributed by atoms with Crippen LogP contribution in [0, 0.1) is 24.7 Å². The Morgan fingerprint density at radius 1 is 0.875 bits per heavy atom. The van der Waals surface area contributed by atoms with Crippen LogP contribution in [0.25, 0.3) is 0 Å². The van der Waals surface area contributed by atoms with E-state index in [0.717, 1.165) is 0 Å². The highest BCUT2D eigenvalue weighted by atomic mass is 16.6. The van der Waals surface area contributed by atoms with E-state index >= 15 is 0 Å². The van der Waals surface area contributed by atoms with Crippen LogP contribution in [0.15, 0.2) is 12.1 Å². The van der Waals surface area contributed by atoms with Crippen molar-refractivity contribution in [3.05, 3.63) is 23.3 Å². The van der Waals surface area contributed by atoms with Crippen molar-refractivity contribution in [1.82, 2.24) is 0 Å². The molecule has 0 aliphatic rings. The minimum Gasteiger partial charge on any atom is -0.481 e. The van der Waals surface area contributed by atoms with Crippen molar-refractivity contribution < 1.29 is 28.5 Å². The second kappa shape index (κ2) is 9.81. The quantitative estimate of drug-likeness (QED) is 0.532. The van der Waals surface area contributed by atoms with Gasteiger partial charge in [0.1, 0.15) is 11.5 Å². The number of benzene rings is 1. The summed E-state index contributed by atoms with van der Waals surface area (Å²) in [6, 6.07) is 2.93. The fourth-order valence-corrected chi connectivity index (χ4v) is 1.70. The molecule has 1 aromatic rings. The van der Waals surface area contributed by atoms with Gasteiger partial charge < -0.3 is 18.9 Å². The van der Waals surface area contributed by atoms with Crippen LogP contribution >= 0.6 is 0 Å². The zero-order valence-electron chi connectivity index (χ0n) is 13.6. The van der Waals surface area contributed by atoms with E-state index in [1.807, 2.05) is 0 Å². The van der Waals surface area contributed by atoms with Crippen molar-refractivity contribution in [2.75, 3.05) is 26.4 Å². The molecule has 0 aromatic heterocycles. The molecule has 0 N–H and O–H groups in total. The maximum Gasteiger partial charge on any atom is 0.344 e. The molecule has 0 saturated carbocycles. The number of carbonyl (C=O) groups is 2. The van der Waals surface area contributed by atoms with E-state index in [9.17, 15) is 9.59 Å². The second-order valence-corrected chi connectivity index (χ2v) is 4.32. The van der Waals surface area contributed by atoms with Gasteiger partial charge >= 0.3 is 11.9 Å². The van der Waals surface area contributed by atoms with E-state index in [4.69, 9.17) is 31.8 Å². The summed E-state index contributed by atoms with van der Waals surface area (Å²) < 4.78 is 20.2. The van der Waals surface area contributed by atoms with Gasteiger partial charge in [-0.1, -0.05) is 11.8 Å². The molecule has 1 aromatic carbocycles. The van der Waals surface area contributed by atoms with Gasteiger partial charge in [-0.3, -0.25) is 0 Å². The zero-order chi connectivity index (χ0) is 17.9. The van der Waals surface area contributed by atoms with Gasteiger partial charge in [0.15, 0.2) is 13.2 Å². The summed E-state index contributed by atoms with van der Waals surface area (Å²) in [7, 11) is 0. The summed E-state index contributed by atoms with van der Waals surface area (Å²) in [6.45, 7) is 3.29. The third-order valence-corrected chi connectivity index (χ3v) is 2.69. The molecular weight excluding hydrogens is 312 g/mol. The molecular formula is C18H18O6. The van der Waals surface area contributed by atoms with Gasteiger partial charge in [-0.15, -0.1) is 12.8 Å². The number of hydrogen-bond acceptors (Lipinski definition) is 6. The summed E-state index contributed by atoms with van der Waals surface area (Å²) in [5, 5.41) is 0. The highest BCUT2D eigenvalue weighted by molar-refractivity contribution is 5.72. The summed E-state index contributed by atoms with van der Waals surface area (Å²) >= 11 is 0. The summed E-state index contributed by atoms with van der Waals surface area (Å²) in [6.07, 6.45) is 10.9. The van der Waals surface area contributed by atoms with Crippen molar-refractivity contribution in [1.29, 1.82) is 0 Å². The Kier molecular flexibility index (Phi) is 7.73. The Hall–Kier alpha value is -3.12. The minimum absolute atomic E-state index is 0.250. The average molecular weight is 330 g/mol. The summed E-state index contributed by atoms with van der Waals surface area (Å²) in [5.74, 6) is 4.29. The fourth-order valence-electron chi connectivity index (χ4n) is 1.70. The van der Waals surface area contributed by atoms with Crippen LogP contribution in [0.1, 0.15) is 25.0 Å². The first-order chi connectivity index (χ1) is 11.5. The molecule has 0 heterocycles. The number of rotatable bonds is 8. The van der Waals surface area contributed by atoms with E-state index in [1.54, 1.807) is 13.8 Å². The molecule has 0 bridgehead atoms. The second-order valence-electron chi connectivity index (χ2n) is 4.32.